The summed E-state index contributed by atoms with van der Waals surface area (Å²) in [5.74, 6) is -0.295. The second kappa shape index (κ2) is 8.03. The van der Waals surface area contributed by atoms with Gasteiger partial charge in [-0.3, -0.25) is 10.1 Å². The molecule has 0 bridgehead atoms. The fourth-order valence-corrected chi connectivity index (χ4v) is 4.91. The topological polar surface area (TPSA) is 96.8 Å². The Balaban J connectivity index is 1.40. The number of carbonyl (C=O) groups is 1. The molecule has 1 saturated heterocycles. The van der Waals surface area contributed by atoms with Gasteiger partial charge in [-0.15, -0.1) is 11.3 Å². The summed E-state index contributed by atoms with van der Waals surface area (Å²) < 4.78 is 52.9. The standard InChI is InChI=1S/C21H19F3N4O4S/c22-21(23,24)16-8-20(18(29)30,26-9-12-1-2-14-15(7-12)32-11-31-14)4-5-28(16)19-25-10-13-3-6-33-17(13)27-19/h1-3,6-7,10,16,26H,4-5,8-9,11H2,(H,29,30). The molecule has 5 rings (SSSR count). The maximum Gasteiger partial charge on any atom is 0.408 e. The first kappa shape index (κ1) is 21.7. The van der Waals surface area contributed by atoms with Crippen molar-refractivity contribution >= 4 is 33.5 Å². The Bertz CT molecular complexity index is 1200. The molecule has 174 valence electrons. The Hall–Kier alpha value is -3.12. The van der Waals surface area contributed by atoms with Gasteiger partial charge in [-0.05, 0) is 35.6 Å². The zero-order valence-electron chi connectivity index (χ0n) is 17.1. The molecule has 1 fully saturated rings. The highest BCUT2D eigenvalue weighted by atomic mass is 32.1. The molecule has 0 amide bonds. The molecule has 12 heteroatoms. The predicted molar refractivity (Wildman–Crippen MR) is 114 cm³/mol. The van der Waals surface area contributed by atoms with E-state index in [4.69, 9.17) is 9.47 Å². The first-order valence-electron chi connectivity index (χ1n) is 10.2. The zero-order chi connectivity index (χ0) is 23.2. The first-order valence-corrected chi connectivity index (χ1v) is 11.0. The minimum Gasteiger partial charge on any atom is -0.480 e. The van der Waals surface area contributed by atoms with Gasteiger partial charge in [-0.2, -0.15) is 13.2 Å². The third-order valence-corrected chi connectivity index (χ3v) is 6.83. The summed E-state index contributed by atoms with van der Waals surface area (Å²) in [6.45, 7) is -0.0135. The van der Waals surface area contributed by atoms with Gasteiger partial charge in [0.15, 0.2) is 11.5 Å². The van der Waals surface area contributed by atoms with Crippen LogP contribution in [-0.2, 0) is 11.3 Å². The Morgan fingerprint density at radius 3 is 2.91 bits per heavy atom. The number of hydrogen-bond acceptors (Lipinski definition) is 8. The summed E-state index contributed by atoms with van der Waals surface area (Å²) in [7, 11) is 0. The smallest absolute Gasteiger partial charge is 0.408 e. The minimum atomic E-state index is -4.67. The summed E-state index contributed by atoms with van der Waals surface area (Å²) in [5.41, 5.74) is -1.09. The molecule has 2 N–H and O–H groups in total. The normalized spacial score (nSPS) is 22.6. The number of aliphatic carboxylic acids is 1. The van der Waals surface area contributed by atoms with E-state index in [9.17, 15) is 23.1 Å². The number of nitrogens with one attached hydrogen (secondary N) is 1. The number of carboxylic acids is 1. The third kappa shape index (κ3) is 4.04. The van der Waals surface area contributed by atoms with E-state index in [1.807, 2.05) is 0 Å². The van der Waals surface area contributed by atoms with Crippen molar-refractivity contribution in [1.29, 1.82) is 0 Å². The highest BCUT2D eigenvalue weighted by Gasteiger charge is 2.55. The van der Waals surface area contributed by atoms with Crippen LogP contribution in [0, 0.1) is 0 Å². The van der Waals surface area contributed by atoms with Crippen LogP contribution < -0.4 is 19.7 Å². The molecule has 2 unspecified atom stereocenters. The summed E-state index contributed by atoms with van der Waals surface area (Å²) in [5, 5.41) is 15.4. The van der Waals surface area contributed by atoms with Crippen molar-refractivity contribution < 1.29 is 32.5 Å². The van der Waals surface area contributed by atoms with Crippen molar-refractivity contribution in [3.05, 3.63) is 41.4 Å². The van der Waals surface area contributed by atoms with Gasteiger partial charge in [-0.25, -0.2) is 9.97 Å². The Kier molecular flexibility index (Phi) is 5.28. The van der Waals surface area contributed by atoms with Crippen LogP contribution in [0.25, 0.3) is 10.2 Å². The average Bonchev–Trinajstić information content (AvgIpc) is 3.45. The maximum atomic E-state index is 14.1. The summed E-state index contributed by atoms with van der Waals surface area (Å²) in [4.78, 5) is 22.3. The summed E-state index contributed by atoms with van der Waals surface area (Å²) in [6, 6.07) is 4.83. The summed E-state index contributed by atoms with van der Waals surface area (Å²) in [6.07, 6.45) is -3.92. The quantitative estimate of drug-likeness (QED) is 0.572. The molecular formula is C21H19F3N4O4S. The Morgan fingerprint density at radius 1 is 1.30 bits per heavy atom. The van der Waals surface area contributed by atoms with E-state index < -0.39 is 30.1 Å². The Labute approximate surface area is 190 Å². The minimum absolute atomic E-state index is 0.0503. The molecule has 4 heterocycles. The highest BCUT2D eigenvalue weighted by molar-refractivity contribution is 7.16. The number of piperidine rings is 1. The Morgan fingerprint density at radius 2 is 2.12 bits per heavy atom. The number of fused-ring (bicyclic) bond motifs is 2. The molecule has 8 nitrogen and oxygen atoms in total. The van der Waals surface area contributed by atoms with E-state index in [0.29, 0.717) is 21.9 Å². The molecule has 2 atom stereocenters. The monoisotopic (exact) mass is 480 g/mol. The molecule has 0 saturated carbocycles. The van der Waals surface area contributed by atoms with Crippen LogP contribution in [-0.4, -0.2) is 52.1 Å². The number of ether oxygens (including phenoxy) is 2. The molecule has 0 spiro atoms. The maximum absolute atomic E-state index is 14.1. The van der Waals surface area contributed by atoms with Crippen LogP contribution in [0.2, 0.25) is 0 Å². The number of halogens is 3. The second-order valence-electron chi connectivity index (χ2n) is 7.98. The lowest BCUT2D eigenvalue weighted by Gasteiger charge is -2.45. The SMILES string of the molecule is O=C(O)C1(NCc2ccc3c(c2)OCO3)CCN(c2ncc3ccsc3n2)C(C(F)(F)F)C1. The molecule has 2 aromatic heterocycles. The van der Waals surface area contributed by atoms with Crippen LogP contribution in [0.15, 0.2) is 35.8 Å². The zero-order valence-corrected chi connectivity index (χ0v) is 17.9. The van der Waals surface area contributed by atoms with E-state index in [2.05, 4.69) is 15.3 Å². The average molecular weight is 480 g/mol. The highest BCUT2D eigenvalue weighted by Crippen LogP contribution is 2.39. The van der Waals surface area contributed by atoms with Gasteiger partial charge in [0.25, 0.3) is 0 Å². The largest absolute Gasteiger partial charge is 0.480 e. The van der Waals surface area contributed by atoms with Crippen LogP contribution in [0.1, 0.15) is 18.4 Å². The number of alkyl halides is 3. The molecule has 3 aromatic rings. The fraction of sp³-hybridized carbons (Fsp3) is 0.381. The number of hydrogen-bond donors (Lipinski definition) is 2. The molecule has 33 heavy (non-hydrogen) atoms. The van der Waals surface area contributed by atoms with Crippen molar-refractivity contribution in [1.82, 2.24) is 15.3 Å². The lowest BCUT2D eigenvalue weighted by Crippen LogP contribution is -2.64. The van der Waals surface area contributed by atoms with Crippen LogP contribution in [0.4, 0.5) is 19.1 Å². The third-order valence-electron chi connectivity index (χ3n) is 6.00. The van der Waals surface area contributed by atoms with Gasteiger partial charge in [0.2, 0.25) is 12.7 Å². The van der Waals surface area contributed by atoms with Gasteiger partial charge in [-0.1, -0.05) is 6.07 Å². The second-order valence-corrected chi connectivity index (χ2v) is 8.88. The van der Waals surface area contributed by atoms with Gasteiger partial charge >= 0.3 is 12.1 Å². The lowest BCUT2D eigenvalue weighted by molar-refractivity contribution is -0.166. The number of anilines is 1. The van der Waals surface area contributed by atoms with Crippen molar-refractivity contribution in [2.24, 2.45) is 0 Å². The molecule has 0 radical (unpaired) electrons. The van der Waals surface area contributed by atoms with Gasteiger partial charge < -0.3 is 19.5 Å². The lowest BCUT2D eigenvalue weighted by atomic mass is 9.82. The molecule has 0 aliphatic carbocycles. The number of thiophene rings is 1. The van der Waals surface area contributed by atoms with Crippen molar-refractivity contribution in [3.8, 4) is 11.5 Å². The fourth-order valence-electron chi connectivity index (χ4n) is 4.18. The van der Waals surface area contributed by atoms with Crippen LogP contribution in [0.3, 0.4) is 0 Å². The van der Waals surface area contributed by atoms with E-state index in [0.717, 1.165) is 10.3 Å². The number of nitrogens with zero attached hydrogens (tertiary/aromatic N) is 3. The van der Waals surface area contributed by atoms with Crippen LogP contribution in [0.5, 0.6) is 11.5 Å². The van der Waals surface area contributed by atoms with Crippen molar-refractivity contribution in [2.45, 2.75) is 37.1 Å². The van der Waals surface area contributed by atoms with Crippen molar-refractivity contribution in [2.75, 3.05) is 18.2 Å². The van der Waals surface area contributed by atoms with E-state index >= 15 is 0 Å². The van der Waals surface area contributed by atoms with E-state index in [1.54, 1.807) is 29.6 Å². The van der Waals surface area contributed by atoms with E-state index in [-0.39, 0.29) is 32.3 Å². The van der Waals surface area contributed by atoms with Crippen LogP contribution >= 0.6 is 11.3 Å². The number of aromatic nitrogens is 2. The molecule has 2 aliphatic rings. The summed E-state index contributed by atoms with van der Waals surface area (Å²) >= 11 is 1.31. The van der Waals surface area contributed by atoms with Crippen molar-refractivity contribution in [3.63, 3.8) is 0 Å². The number of carboxylic acid groups (broad SMARTS) is 1. The van der Waals surface area contributed by atoms with E-state index in [1.165, 1.54) is 17.5 Å². The van der Waals surface area contributed by atoms with Gasteiger partial charge in [0.1, 0.15) is 16.4 Å². The number of benzene rings is 1. The molecule has 1 aromatic carbocycles. The molecular weight excluding hydrogens is 461 g/mol. The first-order chi connectivity index (χ1) is 15.7. The number of rotatable bonds is 5. The molecule has 2 aliphatic heterocycles. The van der Waals surface area contributed by atoms with Gasteiger partial charge in [0, 0.05) is 31.1 Å². The predicted octanol–water partition coefficient (Wildman–Crippen LogP) is 3.56. The van der Waals surface area contributed by atoms with Gasteiger partial charge in [0.05, 0.1) is 0 Å².